The van der Waals surface area contributed by atoms with E-state index in [1.54, 1.807) is 9.79 Å². The van der Waals surface area contributed by atoms with Crippen LogP contribution in [0.15, 0.2) is 59.7 Å². The maximum absolute atomic E-state index is 11.7. The number of benzene rings is 2. The van der Waals surface area contributed by atoms with Gasteiger partial charge in [0.05, 0.1) is 0 Å². The molecule has 0 radical (unpaired) electrons. The summed E-state index contributed by atoms with van der Waals surface area (Å²) in [5.41, 5.74) is 21.3. The van der Waals surface area contributed by atoms with Crippen molar-refractivity contribution in [2.45, 2.75) is 231 Å². The van der Waals surface area contributed by atoms with E-state index in [2.05, 4.69) is 90.1 Å². The Morgan fingerprint density at radius 3 is 1.15 bits per heavy atom. The first kappa shape index (κ1) is 49.3. The van der Waals surface area contributed by atoms with Crippen molar-refractivity contribution in [1.82, 2.24) is 0 Å². The number of hydrogen-bond donors (Lipinski definition) is 0. The van der Waals surface area contributed by atoms with Crippen LogP contribution in [-0.2, 0) is 30.8 Å². The number of nitrogens with zero attached hydrogens (tertiary/aromatic N) is 2. The van der Waals surface area contributed by atoms with Gasteiger partial charge >= 0.3 is 144 Å². The fraction of sp³-hybridized carbons (Fsp3) is 0.692. The van der Waals surface area contributed by atoms with Gasteiger partial charge < -0.3 is 5.53 Å². The van der Waals surface area contributed by atoms with E-state index in [9.17, 15) is 5.53 Å². The molecule has 2 aromatic carbocycles. The number of hydrogen-bond acceptors (Lipinski definition) is 0. The molecule has 0 bridgehead atoms. The van der Waals surface area contributed by atoms with Crippen LogP contribution in [0.5, 0.6) is 0 Å². The van der Waals surface area contributed by atoms with Crippen molar-refractivity contribution < 1.29 is 22.7 Å². The van der Waals surface area contributed by atoms with Crippen molar-refractivity contribution in [3.05, 3.63) is 87.5 Å². The molecular weight excluding hydrogens is 759 g/mol. The van der Waals surface area contributed by atoms with Gasteiger partial charge in [-0.2, -0.15) is 0 Å². The predicted octanol–water partition coefficient (Wildman–Crippen LogP) is 18.1. The van der Waals surface area contributed by atoms with Crippen LogP contribution in [-0.4, -0.2) is 4.70 Å². The van der Waals surface area contributed by atoms with Crippen LogP contribution < -0.4 is 0 Å². The standard InChI is InChI=1S/C32H44N2.2C10H21.Pd/c1-5-9-11-12-13-14-22-30-29(21-10-6-2)31(27-19-15-17-25(7-3)23-27)34(33)32(30)28-20-16-18-26(8-4)24-28;2*1-3-5-7-9-10-8-6-4-2;/h15-20,23-24H,5-14,21-22H2,1-4H3;2*1,3-10H2,2H3;. The molecule has 55 heavy (non-hydrogen) atoms. The molecule has 314 valence electrons. The van der Waals surface area contributed by atoms with Crippen molar-refractivity contribution in [2.24, 2.45) is 0 Å². The Kier molecular flexibility index (Phi) is 29.8. The van der Waals surface area contributed by atoms with Gasteiger partial charge in [0.1, 0.15) is 0 Å². The summed E-state index contributed by atoms with van der Waals surface area (Å²) >= 11 is 1.07. The van der Waals surface area contributed by atoms with Gasteiger partial charge in [-0.15, -0.1) is 0 Å². The zero-order valence-electron chi connectivity index (χ0n) is 37.0. The Morgan fingerprint density at radius 1 is 0.418 bits per heavy atom. The van der Waals surface area contributed by atoms with E-state index in [-0.39, 0.29) is 0 Å². The molecule has 0 saturated heterocycles. The van der Waals surface area contributed by atoms with Crippen molar-refractivity contribution >= 4 is 11.4 Å². The first-order valence-corrected chi connectivity index (χ1v) is 25.8. The van der Waals surface area contributed by atoms with E-state index >= 15 is 0 Å². The molecule has 0 saturated carbocycles. The summed E-state index contributed by atoms with van der Waals surface area (Å²) in [4.78, 5) is 3.08. The molecule has 1 heterocycles. The summed E-state index contributed by atoms with van der Waals surface area (Å²) in [5.74, 6) is 0. The molecule has 3 heteroatoms. The third kappa shape index (κ3) is 20.4. The van der Waals surface area contributed by atoms with Gasteiger partial charge in [-0.25, -0.2) is 4.70 Å². The number of unbranched alkanes of at least 4 members (excludes halogenated alkanes) is 20. The molecule has 0 amide bonds. The van der Waals surface area contributed by atoms with E-state index in [0.717, 1.165) is 79.0 Å². The van der Waals surface area contributed by atoms with Gasteiger partial charge in [0.25, 0.3) is 0 Å². The zero-order chi connectivity index (χ0) is 39.8. The van der Waals surface area contributed by atoms with Gasteiger partial charge in [0.2, 0.25) is 11.4 Å². The van der Waals surface area contributed by atoms with Crippen LogP contribution in [0.1, 0.15) is 231 Å². The van der Waals surface area contributed by atoms with Crippen LogP contribution >= 0.6 is 0 Å². The van der Waals surface area contributed by atoms with Gasteiger partial charge in [0, 0.05) is 22.3 Å². The number of allylic oxidation sites excluding steroid dienone is 2. The van der Waals surface area contributed by atoms with Crippen LogP contribution in [0, 0.1) is 0 Å². The van der Waals surface area contributed by atoms with E-state index in [1.165, 1.54) is 168 Å². The fourth-order valence-electron chi connectivity index (χ4n) is 7.76. The third-order valence-corrected chi connectivity index (χ3v) is 13.5. The molecule has 2 aromatic rings. The molecule has 3 rings (SSSR count). The van der Waals surface area contributed by atoms with Crippen LogP contribution in [0.4, 0.5) is 0 Å². The van der Waals surface area contributed by atoms with Gasteiger partial charge in [-0.1, -0.05) is 90.5 Å². The zero-order valence-corrected chi connectivity index (χ0v) is 38.6. The van der Waals surface area contributed by atoms with Crippen LogP contribution in [0.25, 0.3) is 16.9 Å². The molecule has 0 spiro atoms. The van der Waals surface area contributed by atoms with Gasteiger partial charge in [-0.05, 0) is 73.9 Å². The summed E-state index contributed by atoms with van der Waals surface area (Å²) < 4.78 is 1.53. The Labute approximate surface area is 350 Å². The second kappa shape index (κ2) is 33.2. The Bertz CT molecular complexity index is 1320. The first-order valence-electron chi connectivity index (χ1n) is 23.6. The number of rotatable bonds is 32. The molecule has 1 aliphatic heterocycles. The predicted molar refractivity (Wildman–Crippen MR) is 241 cm³/mol. The van der Waals surface area contributed by atoms with Crippen molar-refractivity contribution in [3.8, 4) is 0 Å². The summed E-state index contributed by atoms with van der Waals surface area (Å²) in [6.45, 7) is 13.5. The van der Waals surface area contributed by atoms with Crippen molar-refractivity contribution in [3.63, 3.8) is 0 Å². The van der Waals surface area contributed by atoms with E-state index in [4.69, 9.17) is 0 Å². The summed E-state index contributed by atoms with van der Waals surface area (Å²) in [5, 5.41) is 0. The second-order valence-electron chi connectivity index (χ2n) is 16.1. The summed E-state index contributed by atoms with van der Waals surface area (Å²) in [6.07, 6.45) is 37.6. The number of aryl methyl sites for hydroxylation is 2. The van der Waals surface area contributed by atoms with Crippen LogP contribution in [0.2, 0.25) is 9.79 Å². The average molecular weight is 846 g/mol. The average Bonchev–Trinajstić information content (AvgIpc) is 3.49. The topological polar surface area (TPSA) is 25.3 Å². The molecule has 2 nitrogen and oxygen atoms in total. The van der Waals surface area contributed by atoms with Crippen molar-refractivity contribution in [2.75, 3.05) is 0 Å². The minimum atomic E-state index is 1.00. The Balaban J connectivity index is 0.000000430. The fourth-order valence-corrected chi connectivity index (χ4v) is 9.70. The summed E-state index contributed by atoms with van der Waals surface area (Å²) in [6, 6.07) is 17.5. The normalized spacial score (nSPS) is 12.9. The molecule has 0 N–H and O–H groups in total. The molecule has 0 unspecified atom stereocenters. The Morgan fingerprint density at radius 2 is 0.764 bits per heavy atom. The second-order valence-corrected chi connectivity index (χ2v) is 18.5. The monoisotopic (exact) mass is 845 g/mol. The molecule has 0 aliphatic carbocycles. The van der Waals surface area contributed by atoms with Crippen molar-refractivity contribution in [1.29, 1.82) is 0 Å². The molecule has 0 fully saturated rings. The molecule has 1 aliphatic rings. The minimum absolute atomic E-state index is 1.00. The van der Waals surface area contributed by atoms with Crippen LogP contribution in [0.3, 0.4) is 0 Å². The van der Waals surface area contributed by atoms with E-state index < -0.39 is 0 Å². The third-order valence-electron chi connectivity index (χ3n) is 11.3. The summed E-state index contributed by atoms with van der Waals surface area (Å²) in [7, 11) is 0. The Hall–Kier alpha value is -1.82. The maximum atomic E-state index is 11.7. The van der Waals surface area contributed by atoms with Gasteiger partial charge in [0.15, 0.2) is 0 Å². The SMILES string of the molecule is CCCCCCCCC1=C(c2cccc(CC)c2)[N+](=[N-])C(c2cccc(CC)c2)=C1CCCC.CCCCCCCCC[CH2][Pd][CH2]CCCCCCCCC. The van der Waals surface area contributed by atoms with E-state index in [1.807, 2.05) is 0 Å². The van der Waals surface area contributed by atoms with E-state index in [0.29, 0.717) is 0 Å². The quantitative estimate of drug-likeness (QED) is 0.0398. The first-order chi connectivity index (χ1) is 27.1. The van der Waals surface area contributed by atoms with Gasteiger partial charge in [-0.3, -0.25) is 0 Å². The molecular formula is C52H86N2Pd. The molecule has 0 atom stereocenters. The molecule has 0 aromatic heterocycles.